The minimum atomic E-state index is -4.53. The van der Waals surface area contributed by atoms with Gasteiger partial charge < -0.3 is 15.3 Å². The topological polar surface area (TPSA) is 64.5 Å². The Labute approximate surface area is 190 Å². The Bertz CT molecular complexity index is 919. The van der Waals surface area contributed by atoms with E-state index in [0.717, 1.165) is 43.6 Å². The number of nitrogens with one attached hydrogen (secondary N) is 1. The Kier molecular flexibility index (Phi) is 6.90. The number of aliphatic hydroxyl groups excluding tert-OH is 1. The van der Waals surface area contributed by atoms with Crippen LogP contribution in [0, 0.1) is 6.92 Å². The van der Waals surface area contributed by atoms with Crippen LogP contribution in [0.3, 0.4) is 0 Å². The predicted octanol–water partition coefficient (Wildman–Crippen LogP) is 3.26. The van der Waals surface area contributed by atoms with E-state index in [1.165, 1.54) is 12.5 Å². The molecule has 1 aromatic heterocycles. The number of nitrogens with zero attached hydrogens (tertiary/aromatic N) is 4. The Morgan fingerprint density at radius 1 is 1.12 bits per heavy atom. The van der Waals surface area contributed by atoms with E-state index < -0.39 is 18.0 Å². The SMILES string of the molecule is Cc1cc(C(F)(F)F)nc(N2C[C@@H](O)[C@H](NC3CCN(Cc4ccc(Cl)cc4)CC3)C2)n1. The molecule has 1 aromatic carbocycles. The number of halogens is 4. The minimum Gasteiger partial charge on any atom is -0.390 e. The lowest BCUT2D eigenvalue weighted by molar-refractivity contribution is -0.141. The summed E-state index contributed by atoms with van der Waals surface area (Å²) in [4.78, 5) is 11.9. The molecule has 0 amide bonds. The van der Waals surface area contributed by atoms with E-state index in [4.69, 9.17) is 11.6 Å². The van der Waals surface area contributed by atoms with Crippen LogP contribution in [0.1, 0.15) is 29.8 Å². The van der Waals surface area contributed by atoms with Gasteiger partial charge in [-0.2, -0.15) is 13.2 Å². The number of aliphatic hydroxyl groups is 1. The van der Waals surface area contributed by atoms with Gasteiger partial charge in [-0.15, -0.1) is 0 Å². The Morgan fingerprint density at radius 2 is 1.81 bits per heavy atom. The van der Waals surface area contributed by atoms with Gasteiger partial charge in [-0.1, -0.05) is 23.7 Å². The number of aromatic nitrogens is 2. The Hall–Kier alpha value is -1.94. The van der Waals surface area contributed by atoms with Crippen LogP contribution in [-0.2, 0) is 12.7 Å². The van der Waals surface area contributed by atoms with Gasteiger partial charge in [0, 0.05) is 36.4 Å². The fraction of sp³-hybridized carbons (Fsp3) is 0.545. The first kappa shape index (κ1) is 23.2. The molecular formula is C22H27ClF3N5O. The molecule has 3 heterocycles. The van der Waals surface area contributed by atoms with Crippen molar-refractivity contribution in [3.8, 4) is 0 Å². The molecule has 0 aliphatic carbocycles. The first-order chi connectivity index (χ1) is 15.2. The molecule has 32 heavy (non-hydrogen) atoms. The first-order valence-corrected chi connectivity index (χ1v) is 11.1. The summed E-state index contributed by atoms with van der Waals surface area (Å²) in [6.45, 7) is 4.82. The number of likely N-dealkylation sites (tertiary alicyclic amines) is 1. The highest BCUT2D eigenvalue weighted by Crippen LogP contribution is 2.30. The number of piperidine rings is 1. The molecule has 2 aliphatic heterocycles. The van der Waals surface area contributed by atoms with Crippen molar-refractivity contribution in [3.63, 3.8) is 0 Å². The van der Waals surface area contributed by atoms with Crippen LogP contribution < -0.4 is 10.2 Å². The molecule has 10 heteroatoms. The highest BCUT2D eigenvalue weighted by atomic mass is 35.5. The fourth-order valence-corrected chi connectivity index (χ4v) is 4.49. The normalized spacial score (nSPS) is 23.1. The third-order valence-electron chi connectivity index (χ3n) is 6.06. The van der Waals surface area contributed by atoms with E-state index in [2.05, 4.69) is 20.2 Å². The van der Waals surface area contributed by atoms with E-state index in [1.807, 2.05) is 24.3 Å². The van der Waals surface area contributed by atoms with Crippen LogP contribution in [0.2, 0.25) is 5.02 Å². The van der Waals surface area contributed by atoms with Crippen LogP contribution in [0.25, 0.3) is 0 Å². The van der Waals surface area contributed by atoms with Gasteiger partial charge in [0.05, 0.1) is 12.1 Å². The summed E-state index contributed by atoms with van der Waals surface area (Å²) in [5, 5.41) is 14.7. The molecule has 4 rings (SSSR count). The molecule has 2 aliphatic rings. The largest absolute Gasteiger partial charge is 0.433 e. The molecule has 0 radical (unpaired) electrons. The van der Waals surface area contributed by atoms with Gasteiger partial charge in [-0.05, 0) is 56.6 Å². The third-order valence-corrected chi connectivity index (χ3v) is 6.31. The highest BCUT2D eigenvalue weighted by molar-refractivity contribution is 6.30. The zero-order chi connectivity index (χ0) is 22.9. The number of anilines is 1. The maximum absolute atomic E-state index is 13.1. The second kappa shape index (κ2) is 9.51. The van der Waals surface area contributed by atoms with Crippen molar-refractivity contribution in [2.24, 2.45) is 0 Å². The van der Waals surface area contributed by atoms with Gasteiger partial charge in [0.2, 0.25) is 5.95 Å². The van der Waals surface area contributed by atoms with Gasteiger partial charge in [0.1, 0.15) is 5.69 Å². The molecule has 2 atom stereocenters. The van der Waals surface area contributed by atoms with Crippen molar-refractivity contribution in [2.45, 2.75) is 50.7 Å². The van der Waals surface area contributed by atoms with E-state index in [0.29, 0.717) is 6.54 Å². The zero-order valence-corrected chi connectivity index (χ0v) is 18.6. The van der Waals surface area contributed by atoms with Gasteiger partial charge in [-0.25, -0.2) is 9.97 Å². The number of alkyl halides is 3. The lowest BCUT2D eigenvalue weighted by Crippen LogP contribution is -2.49. The molecule has 2 saturated heterocycles. The minimum absolute atomic E-state index is 0.0125. The summed E-state index contributed by atoms with van der Waals surface area (Å²) >= 11 is 5.95. The number of β-amino-alcohol motifs (C(OH)–C–C–N with tert-alkyl or cyclic N) is 1. The number of hydrogen-bond acceptors (Lipinski definition) is 6. The molecule has 0 unspecified atom stereocenters. The van der Waals surface area contributed by atoms with Crippen molar-refractivity contribution < 1.29 is 18.3 Å². The Morgan fingerprint density at radius 3 is 2.47 bits per heavy atom. The molecule has 0 bridgehead atoms. The summed E-state index contributed by atoms with van der Waals surface area (Å²) in [5.74, 6) is 0.0125. The smallest absolute Gasteiger partial charge is 0.390 e. The first-order valence-electron chi connectivity index (χ1n) is 10.8. The molecule has 6 nitrogen and oxygen atoms in total. The highest BCUT2D eigenvalue weighted by Gasteiger charge is 2.37. The monoisotopic (exact) mass is 469 g/mol. The summed E-state index contributed by atoms with van der Waals surface area (Å²) in [7, 11) is 0. The fourth-order valence-electron chi connectivity index (χ4n) is 4.36. The second-order valence-corrected chi connectivity index (χ2v) is 9.05. The van der Waals surface area contributed by atoms with E-state index >= 15 is 0 Å². The number of rotatable bonds is 5. The van der Waals surface area contributed by atoms with E-state index in [-0.39, 0.29) is 30.3 Å². The summed E-state index contributed by atoms with van der Waals surface area (Å²) < 4.78 is 39.3. The standard InChI is InChI=1S/C22H27ClF3N5O/c1-14-10-20(22(24,25)26)29-21(27-14)31-12-18(19(32)13-31)28-17-6-8-30(9-7-17)11-15-2-4-16(23)5-3-15/h2-5,10,17-19,28,32H,6-9,11-13H2,1H3/t18-,19-/m1/s1. The molecule has 2 N–H and O–H groups in total. The van der Waals surface area contributed by atoms with Crippen LogP contribution in [0.4, 0.5) is 19.1 Å². The van der Waals surface area contributed by atoms with Crippen molar-refractivity contribution in [2.75, 3.05) is 31.1 Å². The molecule has 2 fully saturated rings. The zero-order valence-electron chi connectivity index (χ0n) is 17.8. The van der Waals surface area contributed by atoms with Crippen LogP contribution in [0.15, 0.2) is 30.3 Å². The molecule has 0 spiro atoms. The lowest BCUT2D eigenvalue weighted by Gasteiger charge is -2.34. The molecule has 174 valence electrons. The van der Waals surface area contributed by atoms with E-state index in [9.17, 15) is 18.3 Å². The van der Waals surface area contributed by atoms with Gasteiger partial charge >= 0.3 is 6.18 Å². The number of benzene rings is 1. The average molecular weight is 470 g/mol. The van der Waals surface area contributed by atoms with Crippen LogP contribution >= 0.6 is 11.6 Å². The number of aryl methyl sites for hydroxylation is 1. The maximum Gasteiger partial charge on any atom is 0.433 e. The summed E-state index contributed by atoms with van der Waals surface area (Å²) in [6, 6.07) is 8.81. The predicted molar refractivity (Wildman–Crippen MR) is 117 cm³/mol. The Balaban J connectivity index is 1.31. The molecular weight excluding hydrogens is 443 g/mol. The quantitative estimate of drug-likeness (QED) is 0.701. The summed E-state index contributed by atoms with van der Waals surface area (Å²) in [6.07, 6.45) is -3.34. The van der Waals surface area contributed by atoms with Crippen LogP contribution in [-0.4, -0.2) is 64.3 Å². The summed E-state index contributed by atoms with van der Waals surface area (Å²) in [5.41, 5.74) is 0.513. The third kappa shape index (κ3) is 5.70. The lowest BCUT2D eigenvalue weighted by atomic mass is 10.0. The van der Waals surface area contributed by atoms with Gasteiger partial charge in [0.25, 0.3) is 0 Å². The average Bonchev–Trinajstić information content (AvgIpc) is 3.10. The van der Waals surface area contributed by atoms with Gasteiger partial charge in [0.15, 0.2) is 0 Å². The molecule has 2 aromatic rings. The van der Waals surface area contributed by atoms with Gasteiger partial charge in [-0.3, -0.25) is 4.90 Å². The maximum atomic E-state index is 13.1. The van der Waals surface area contributed by atoms with Crippen molar-refractivity contribution >= 4 is 17.5 Å². The van der Waals surface area contributed by atoms with E-state index in [1.54, 1.807) is 4.90 Å². The van der Waals surface area contributed by atoms with Crippen molar-refractivity contribution in [3.05, 3.63) is 52.3 Å². The van der Waals surface area contributed by atoms with Crippen molar-refractivity contribution in [1.29, 1.82) is 0 Å². The van der Waals surface area contributed by atoms with Crippen LogP contribution in [0.5, 0.6) is 0 Å². The molecule has 0 saturated carbocycles. The second-order valence-electron chi connectivity index (χ2n) is 8.61. The number of hydrogen-bond donors (Lipinski definition) is 2. The van der Waals surface area contributed by atoms with Crippen molar-refractivity contribution in [1.82, 2.24) is 20.2 Å².